The van der Waals surface area contributed by atoms with Gasteiger partial charge in [0.15, 0.2) is 0 Å². The summed E-state index contributed by atoms with van der Waals surface area (Å²) in [6.45, 7) is 6.86. The van der Waals surface area contributed by atoms with Crippen molar-refractivity contribution in [1.82, 2.24) is 10.2 Å². The first-order chi connectivity index (χ1) is 7.67. The molecule has 96 valence electrons. The number of nitrogens with zero attached hydrogens (tertiary/aromatic N) is 1. The molecular formula is C13H28N2O. The first kappa shape index (κ1) is 13.9. The van der Waals surface area contributed by atoms with Gasteiger partial charge in [-0.3, -0.25) is 0 Å². The molecule has 1 aliphatic rings. The summed E-state index contributed by atoms with van der Waals surface area (Å²) in [5.41, 5.74) is 0.00266. The summed E-state index contributed by atoms with van der Waals surface area (Å²) < 4.78 is 0. The minimum Gasteiger partial charge on any atom is -0.394 e. The van der Waals surface area contributed by atoms with Crippen LogP contribution >= 0.6 is 0 Å². The molecular weight excluding hydrogens is 200 g/mol. The summed E-state index contributed by atoms with van der Waals surface area (Å²) in [5.74, 6) is 0. The van der Waals surface area contributed by atoms with Crippen molar-refractivity contribution >= 4 is 0 Å². The average molecular weight is 228 g/mol. The molecule has 16 heavy (non-hydrogen) atoms. The molecule has 3 nitrogen and oxygen atoms in total. The van der Waals surface area contributed by atoms with E-state index in [9.17, 15) is 5.11 Å². The van der Waals surface area contributed by atoms with Gasteiger partial charge in [0.05, 0.1) is 6.61 Å². The van der Waals surface area contributed by atoms with Crippen molar-refractivity contribution in [3.05, 3.63) is 0 Å². The van der Waals surface area contributed by atoms with Crippen molar-refractivity contribution in [2.24, 2.45) is 0 Å². The first-order valence-electron chi connectivity index (χ1n) is 6.73. The molecule has 3 heteroatoms. The van der Waals surface area contributed by atoms with Crippen molar-refractivity contribution in [3.8, 4) is 0 Å². The van der Waals surface area contributed by atoms with E-state index in [2.05, 4.69) is 31.1 Å². The van der Waals surface area contributed by atoms with E-state index in [-0.39, 0.29) is 12.1 Å². The molecule has 0 bridgehead atoms. The minimum absolute atomic E-state index is 0.00266. The fourth-order valence-corrected chi connectivity index (χ4v) is 2.76. The van der Waals surface area contributed by atoms with E-state index in [0.29, 0.717) is 6.04 Å². The van der Waals surface area contributed by atoms with Crippen LogP contribution in [0.3, 0.4) is 0 Å². The predicted octanol–water partition coefficient (Wildman–Crippen LogP) is 1.61. The molecule has 2 unspecified atom stereocenters. The van der Waals surface area contributed by atoms with Gasteiger partial charge in [-0.15, -0.1) is 0 Å². The lowest BCUT2D eigenvalue weighted by molar-refractivity contribution is 0.150. The molecule has 0 aromatic carbocycles. The van der Waals surface area contributed by atoms with Gasteiger partial charge in [0, 0.05) is 11.6 Å². The van der Waals surface area contributed by atoms with Gasteiger partial charge in [-0.05, 0) is 52.2 Å². The van der Waals surface area contributed by atoms with Crippen LogP contribution in [-0.4, -0.2) is 48.3 Å². The lowest BCUT2D eigenvalue weighted by Crippen LogP contribution is -2.48. The summed E-state index contributed by atoms with van der Waals surface area (Å²) in [4.78, 5) is 2.45. The second kappa shape index (κ2) is 6.58. The molecule has 0 spiro atoms. The molecule has 2 N–H and O–H groups in total. The van der Waals surface area contributed by atoms with Gasteiger partial charge in [-0.25, -0.2) is 0 Å². The Morgan fingerprint density at radius 1 is 1.38 bits per heavy atom. The number of hydrogen-bond donors (Lipinski definition) is 2. The Kier molecular flexibility index (Phi) is 5.73. The Balaban J connectivity index is 2.46. The molecule has 0 heterocycles. The smallest absolute Gasteiger partial charge is 0.0613 e. The van der Waals surface area contributed by atoms with Gasteiger partial charge in [0.25, 0.3) is 0 Å². The number of rotatable bonds is 7. The van der Waals surface area contributed by atoms with Crippen LogP contribution < -0.4 is 5.32 Å². The topological polar surface area (TPSA) is 35.5 Å². The highest BCUT2D eigenvalue weighted by atomic mass is 16.3. The highest BCUT2D eigenvalue weighted by Gasteiger charge is 2.39. The zero-order chi connectivity index (χ0) is 12.0. The van der Waals surface area contributed by atoms with Gasteiger partial charge in [-0.1, -0.05) is 13.8 Å². The summed E-state index contributed by atoms with van der Waals surface area (Å²) in [5, 5.41) is 13.1. The molecule has 1 fully saturated rings. The van der Waals surface area contributed by atoms with E-state index < -0.39 is 0 Å². The highest BCUT2D eigenvalue weighted by Crippen LogP contribution is 2.32. The van der Waals surface area contributed by atoms with E-state index in [1.54, 1.807) is 0 Å². The highest BCUT2D eigenvalue weighted by molar-refractivity contribution is 4.98. The Hall–Kier alpha value is -0.120. The van der Waals surface area contributed by atoms with Gasteiger partial charge in [-0.2, -0.15) is 0 Å². The molecule has 0 radical (unpaired) electrons. The molecule has 0 aliphatic heterocycles. The third-order valence-electron chi connectivity index (χ3n) is 3.83. The normalized spacial score (nSPS) is 30.2. The van der Waals surface area contributed by atoms with E-state index >= 15 is 0 Å². The SMILES string of the molecule is CCCNC1(CO)CCC(N(C)CCC)C1. The molecule has 0 aromatic heterocycles. The van der Waals surface area contributed by atoms with Crippen molar-refractivity contribution < 1.29 is 5.11 Å². The Labute approximate surface area is 100 Å². The number of nitrogens with one attached hydrogen (secondary N) is 1. The molecule has 0 amide bonds. The summed E-state index contributed by atoms with van der Waals surface area (Å²) in [6, 6.07) is 0.649. The van der Waals surface area contributed by atoms with Gasteiger partial charge in [0.2, 0.25) is 0 Å². The van der Waals surface area contributed by atoms with Crippen molar-refractivity contribution in [2.75, 3.05) is 26.7 Å². The first-order valence-corrected chi connectivity index (χ1v) is 6.73. The van der Waals surface area contributed by atoms with Crippen LogP contribution in [0.1, 0.15) is 46.0 Å². The maximum Gasteiger partial charge on any atom is 0.0613 e. The maximum absolute atomic E-state index is 9.59. The Bertz CT molecular complexity index is 198. The van der Waals surface area contributed by atoms with Crippen molar-refractivity contribution in [1.29, 1.82) is 0 Å². The van der Waals surface area contributed by atoms with Crippen LogP contribution in [-0.2, 0) is 0 Å². The lowest BCUT2D eigenvalue weighted by Gasteiger charge is -2.30. The van der Waals surface area contributed by atoms with Crippen LogP contribution in [0, 0.1) is 0 Å². The lowest BCUT2D eigenvalue weighted by atomic mass is 9.98. The Morgan fingerprint density at radius 3 is 2.69 bits per heavy atom. The molecule has 1 rings (SSSR count). The van der Waals surface area contributed by atoms with Crippen molar-refractivity contribution in [3.63, 3.8) is 0 Å². The Morgan fingerprint density at radius 2 is 2.12 bits per heavy atom. The zero-order valence-electron chi connectivity index (χ0n) is 11.1. The fourth-order valence-electron chi connectivity index (χ4n) is 2.76. The second-order valence-corrected chi connectivity index (χ2v) is 5.24. The second-order valence-electron chi connectivity index (χ2n) is 5.24. The molecule has 0 saturated heterocycles. The number of aliphatic hydroxyl groups excluding tert-OH is 1. The van der Waals surface area contributed by atoms with E-state index in [4.69, 9.17) is 0 Å². The van der Waals surface area contributed by atoms with Crippen LogP contribution in [0.15, 0.2) is 0 Å². The summed E-state index contributed by atoms with van der Waals surface area (Å²) in [6.07, 6.45) is 5.77. The summed E-state index contributed by atoms with van der Waals surface area (Å²) in [7, 11) is 2.21. The minimum atomic E-state index is 0.00266. The molecule has 1 aliphatic carbocycles. The van der Waals surface area contributed by atoms with Gasteiger partial charge >= 0.3 is 0 Å². The average Bonchev–Trinajstić information content (AvgIpc) is 2.72. The van der Waals surface area contributed by atoms with Crippen LogP contribution in [0.5, 0.6) is 0 Å². The fraction of sp³-hybridized carbons (Fsp3) is 1.00. The third-order valence-corrected chi connectivity index (χ3v) is 3.83. The van der Waals surface area contributed by atoms with E-state index in [1.165, 1.54) is 19.4 Å². The molecule has 2 atom stereocenters. The standard InChI is InChI=1S/C13H28N2O/c1-4-8-14-13(11-16)7-6-12(10-13)15(3)9-5-2/h12,14,16H,4-11H2,1-3H3. The molecule has 0 aromatic rings. The maximum atomic E-state index is 9.59. The quantitative estimate of drug-likeness (QED) is 0.695. The summed E-state index contributed by atoms with van der Waals surface area (Å²) >= 11 is 0. The van der Waals surface area contributed by atoms with Gasteiger partial charge in [0.1, 0.15) is 0 Å². The van der Waals surface area contributed by atoms with Crippen LogP contribution in [0.2, 0.25) is 0 Å². The number of hydrogen-bond acceptors (Lipinski definition) is 3. The largest absolute Gasteiger partial charge is 0.394 e. The van der Waals surface area contributed by atoms with E-state index in [0.717, 1.165) is 25.8 Å². The van der Waals surface area contributed by atoms with Crippen LogP contribution in [0.25, 0.3) is 0 Å². The number of aliphatic hydroxyl groups is 1. The zero-order valence-corrected chi connectivity index (χ0v) is 11.1. The van der Waals surface area contributed by atoms with Crippen molar-refractivity contribution in [2.45, 2.75) is 57.5 Å². The van der Waals surface area contributed by atoms with E-state index in [1.807, 2.05) is 0 Å². The van der Waals surface area contributed by atoms with Gasteiger partial charge < -0.3 is 15.3 Å². The monoisotopic (exact) mass is 228 g/mol. The molecule has 1 saturated carbocycles. The predicted molar refractivity (Wildman–Crippen MR) is 68.7 cm³/mol. The van der Waals surface area contributed by atoms with Crippen LogP contribution in [0.4, 0.5) is 0 Å². The third kappa shape index (κ3) is 3.44.